The number of amides is 2. The van der Waals surface area contributed by atoms with Gasteiger partial charge in [-0.25, -0.2) is 14.8 Å². The van der Waals surface area contributed by atoms with Gasteiger partial charge >= 0.3 is 6.03 Å². The molecule has 3 heterocycles. The average molecular weight is 384 g/mol. The lowest BCUT2D eigenvalue weighted by Gasteiger charge is -2.33. The van der Waals surface area contributed by atoms with Gasteiger partial charge < -0.3 is 20.1 Å². The minimum Gasteiger partial charge on any atom is -0.350 e. The van der Waals surface area contributed by atoms with E-state index in [0.717, 1.165) is 35.3 Å². The molecule has 0 saturated carbocycles. The van der Waals surface area contributed by atoms with Crippen LogP contribution >= 0.6 is 11.3 Å². The highest BCUT2D eigenvalue weighted by molar-refractivity contribution is 7.16. The highest BCUT2D eigenvalue weighted by Crippen LogP contribution is 2.22. The van der Waals surface area contributed by atoms with E-state index in [4.69, 9.17) is 0 Å². The Morgan fingerprint density at radius 3 is 3.11 bits per heavy atom. The van der Waals surface area contributed by atoms with Crippen molar-refractivity contribution >= 4 is 39.1 Å². The molecule has 1 atom stereocenters. The third-order valence-corrected chi connectivity index (χ3v) is 5.44. The van der Waals surface area contributed by atoms with Crippen molar-refractivity contribution in [2.45, 2.75) is 18.9 Å². The Labute approximate surface area is 159 Å². The Kier molecular flexibility index (Phi) is 4.76. The summed E-state index contributed by atoms with van der Waals surface area (Å²) < 4.78 is 2.55. The second-order valence-electron chi connectivity index (χ2n) is 6.59. The third kappa shape index (κ3) is 3.77. The van der Waals surface area contributed by atoms with Gasteiger partial charge in [-0.2, -0.15) is 0 Å². The molecule has 2 N–H and O–H groups in total. The summed E-state index contributed by atoms with van der Waals surface area (Å²) in [6.45, 7) is 1.32. The van der Waals surface area contributed by atoms with Gasteiger partial charge in [0.15, 0.2) is 5.82 Å². The normalized spacial score (nSPS) is 17.1. The van der Waals surface area contributed by atoms with Crippen molar-refractivity contribution in [3.05, 3.63) is 46.5 Å². The lowest BCUT2D eigenvalue weighted by Crippen LogP contribution is -2.50. The molecule has 1 aliphatic heterocycles. The topological polar surface area (TPSA) is 92.2 Å². The summed E-state index contributed by atoms with van der Waals surface area (Å²) in [5.41, 5.74) is 3.31. The first-order chi connectivity index (χ1) is 13.1. The van der Waals surface area contributed by atoms with Crippen LogP contribution in [0, 0.1) is 0 Å². The van der Waals surface area contributed by atoms with Crippen molar-refractivity contribution in [2.75, 3.05) is 23.3 Å². The number of aryl methyl sites for hydroxylation is 1. The van der Waals surface area contributed by atoms with E-state index in [2.05, 4.69) is 20.6 Å². The fourth-order valence-corrected chi connectivity index (χ4v) is 3.99. The minimum absolute atomic E-state index is 0.0439. The molecule has 1 aromatic carbocycles. The van der Waals surface area contributed by atoms with Gasteiger partial charge in [0.1, 0.15) is 0 Å². The standard InChI is InChI=1S/C18H20N6O2S/c1-23-8-6-19-16(17(23)25)24-7-2-3-13(10-24)22-18(26)21-12-4-5-14-15(9-12)27-11-20-14/h4-6,8-9,11,13H,2-3,7,10H2,1H3,(H2,21,22,26). The first kappa shape index (κ1) is 17.5. The van der Waals surface area contributed by atoms with Gasteiger partial charge in [0, 0.05) is 44.3 Å². The van der Waals surface area contributed by atoms with Crippen molar-refractivity contribution in [1.29, 1.82) is 0 Å². The number of nitrogens with zero attached hydrogens (tertiary/aromatic N) is 4. The number of anilines is 2. The van der Waals surface area contributed by atoms with Crippen LogP contribution in [-0.4, -0.2) is 39.7 Å². The average Bonchev–Trinajstić information content (AvgIpc) is 3.12. The van der Waals surface area contributed by atoms with E-state index in [9.17, 15) is 9.59 Å². The van der Waals surface area contributed by atoms with Gasteiger partial charge in [-0.1, -0.05) is 0 Å². The van der Waals surface area contributed by atoms with Crippen LogP contribution in [0.2, 0.25) is 0 Å². The highest BCUT2D eigenvalue weighted by Gasteiger charge is 2.24. The van der Waals surface area contributed by atoms with Crippen molar-refractivity contribution in [3.8, 4) is 0 Å². The van der Waals surface area contributed by atoms with Crippen LogP contribution in [0.1, 0.15) is 12.8 Å². The van der Waals surface area contributed by atoms with E-state index >= 15 is 0 Å². The lowest BCUT2D eigenvalue weighted by atomic mass is 10.1. The fraction of sp³-hybridized carbons (Fsp3) is 0.333. The molecule has 0 spiro atoms. The number of rotatable bonds is 3. The van der Waals surface area contributed by atoms with Crippen LogP contribution in [0.15, 0.2) is 40.9 Å². The smallest absolute Gasteiger partial charge is 0.319 e. The molecular weight excluding hydrogens is 364 g/mol. The van der Waals surface area contributed by atoms with Crippen molar-refractivity contribution < 1.29 is 4.79 Å². The van der Waals surface area contributed by atoms with Crippen LogP contribution in [0.3, 0.4) is 0 Å². The van der Waals surface area contributed by atoms with Crippen molar-refractivity contribution in [2.24, 2.45) is 7.05 Å². The molecule has 140 valence electrons. The number of thiazole rings is 1. The summed E-state index contributed by atoms with van der Waals surface area (Å²) in [6.07, 6.45) is 5.01. The maximum absolute atomic E-state index is 12.4. The molecule has 4 rings (SSSR count). The Balaban J connectivity index is 1.40. The van der Waals surface area contributed by atoms with E-state index < -0.39 is 0 Å². The number of urea groups is 1. The largest absolute Gasteiger partial charge is 0.350 e. The Morgan fingerprint density at radius 2 is 2.22 bits per heavy atom. The minimum atomic E-state index is -0.250. The van der Waals surface area contributed by atoms with E-state index in [1.807, 2.05) is 23.1 Å². The molecule has 0 bridgehead atoms. The Bertz CT molecular complexity index is 1030. The zero-order valence-corrected chi connectivity index (χ0v) is 15.7. The first-order valence-electron chi connectivity index (χ1n) is 8.77. The number of carbonyl (C=O) groups excluding carboxylic acids is 1. The molecule has 0 radical (unpaired) electrons. The van der Waals surface area contributed by atoms with E-state index in [1.54, 1.807) is 25.0 Å². The summed E-state index contributed by atoms with van der Waals surface area (Å²) >= 11 is 1.54. The highest BCUT2D eigenvalue weighted by atomic mass is 32.1. The maximum atomic E-state index is 12.4. The number of aromatic nitrogens is 3. The Morgan fingerprint density at radius 1 is 1.33 bits per heavy atom. The van der Waals surface area contributed by atoms with Crippen LogP contribution in [0.5, 0.6) is 0 Å². The zero-order chi connectivity index (χ0) is 18.8. The predicted octanol–water partition coefficient (Wildman–Crippen LogP) is 2.18. The molecule has 2 aromatic heterocycles. The molecule has 3 aromatic rings. The van der Waals surface area contributed by atoms with Crippen LogP contribution in [0.25, 0.3) is 10.2 Å². The molecule has 1 saturated heterocycles. The summed E-state index contributed by atoms with van der Waals surface area (Å²) in [7, 11) is 1.71. The summed E-state index contributed by atoms with van der Waals surface area (Å²) in [6, 6.07) is 5.35. The molecule has 9 heteroatoms. The van der Waals surface area contributed by atoms with Crippen molar-refractivity contribution in [1.82, 2.24) is 19.9 Å². The lowest BCUT2D eigenvalue weighted by molar-refractivity contribution is 0.246. The summed E-state index contributed by atoms with van der Waals surface area (Å²) in [5, 5.41) is 5.88. The first-order valence-corrected chi connectivity index (χ1v) is 9.65. The second-order valence-corrected chi connectivity index (χ2v) is 7.47. The van der Waals surface area contributed by atoms with Gasteiger partial charge in [-0.3, -0.25) is 4.79 Å². The number of nitrogens with one attached hydrogen (secondary N) is 2. The molecule has 1 fully saturated rings. The van der Waals surface area contributed by atoms with Gasteiger partial charge in [-0.15, -0.1) is 11.3 Å². The number of carbonyl (C=O) groups is 1. The molecule has 0 aliphatic carbocycles. The van der Waals surface area contributed by atoms with Crippen LogP contribution in [0.4, 0.5) is 16.3 Å². The third-order valence-electron chi connectivity index (χ3n) is 4.64. The molecule has 1 unspecified atom stereocenters. The predicted molar refractivity (Wildman–Crippen MR) is 106 cm³/mol. The van der Waals surface area contributed by atoms with Gasteiger partial charge in [-0.05, 0) is 31.0 Å². The molecule has 8 nitrogen and oxygen atoms in total. The Hall–Kier alpha value is -2.94. The number of benzene rings is 1. The zero-order valence-electron chi connectivity index (χ0n) is 14.9. The van der Waals surface area contributed by atoms with E-state index in [-0.39, 0.29) is 17.6 Å². The van der Waals surface area contributed by atoms with Gasteiger partial charge in [0.05, 0.1) is 15.7 Å². The fourth-order valence-electron chi connectivity index (χ4n) is 3.27. The molecular formula is C18H20N6O2S. The summed E-state index contributed by atoms with van der Waals surface area (Å²) in [5.74, 6) is 0.433. The molecule has 1 aliphatic rings. The van der Waals surface area contributed by atoms with Crippen LogP contribution in [-0.2, 0) is 7.05 Å². The van der Waals surface area contributed by atoms with Crippen molar-refractivity contribution in [3.63, 3.8) is 0 Å². The number of fused-ring (bicyclic) bond motifs is 1. The molecule has 2 amide bonds. The SMILES string of the molecule is Cn1ccnc(N2CCCC(NC(=O)Nc3ccc4ncsc4c3)C2)c1=O. The van der Waals surface area contributed by atoms with E-state index in [0.29, 0.717) is 12.4 Å². The molecule has 27 heavy (non-hydrogen) atoms. The maximum Gasteiger partial charge on any atom is 0.319 e. The van der Waals surface area contributed by atoms with Gasteiger partial charge in [0.25, 0.3) is 5.56 Å². The van der Waals surface area contributed by atoms with Gasteiger partial charge in [0.2, 0.25) is 0 Å². The quantitative estimate of drug-likeness (QED) is 0.722. The number of hydrogen-bond acceptors (Lipinski definition) is 6. The number of hydrogen-bond donors (Lipinski definition) is 2. The monoisotopic (exact) mass is 384 g/mol. The summed E-state index contributed by atoms with van der Waals surface area (Å²) in [4.78, 5) is 35.1. The number of piperidine rings is 1. The van der Waals surface area contributed by atoms with Crippen LogP contribution < -0.4 is 21.1 Å². The second kappa shape index (κ2) is 7.36. The van der Waals surface area contributed by atoms with E-state index in [1.165, 1.54) is 15.9 Å².